The number of nitrogens with zero attached hydrogens (tertiary/aromatic N) is 1. The van der Waals surface area contributed by atoms with Crippen LogP contribution < -0.4 is 11.1 Å². The van der Waals surface area contributed by atoms with E-state index in [4.69, 9.17) is 17.3 Å². The molecule has 2 aromatic rings. The standard InChI is InChI=1S/C15H18ClN3OS.ClH/c1-9(2)13(17)14(20)19-15-18-8-11(21-15)7-10-5-3-4-6-12(10)16;/h3-6,8-9,13H,7,17H2,1-2H3,(H,18,19,20);1H/t13-;/m0./s1. The van der Waals surface area contributed by atoms with Crippen LogP contribution in [0.4, 0.5) is 5.13 Å². The van der Waals surface area contributed by atoms with Crippen molar-refractivity contribution < 1.29 is 4.79 Å². The average molecular weight is 360 g/mol. The number of benzene rings is 1. The number of amides is 1. The molecule has 0 saturated carbocycles. The molecule has 0 fully saturated rings. The predicted molar refractivity (Wildman–Crippen MR) is 95.1 cm³/mol. The fraction of sp³-hybridized carbons (Fsp3) is 0.333. The van der Waals surface area contributed by atoms with Crippen LogP contribution in [0.5, 0.6) is 0 Å². The number of aromatic nitrogens is 1. The summed E-state index contributed by atoms with van der Waals surface area (Å²) in [5.74, 6) is -0.115. The van der Waals surface area contributed by atoms with Gasteiger partial charge in [-0.25, -0.2) is 4.98 Å². The SMILES string of the molecule is CC(C)[C@H](N)C(=O)Nc1ncc(Cc2ccccc2Cl)s1.Cl. The van der Waals surface area contributed by atoms with Crippen molar-refractivity contribution in [3.05, 3.63) is 45.9 Å². The Morgan fingerprint density at radius 1 is 1.41 bits per heavy atom. The molecule has 1 amide bonds. The van der Waals surface area contributed by atoms with Crippen molar-refractivity contribution >= 4 is 46.4 Å². The lowest BCUT2D eigenvalue weighted by atomic mass is 10.1. The molecular formula is C15H19Cl2N3OS. The normalized spacial score (nSPS) is 11.9. The minimum absolute atomic E-state index is 0. The van der Waals surface area contributed by atoms with Crippen molar-refractivity contribution in [2.45, 2.75) is 26.3 Å². The zero-order valence-electron chi connectivity index (χ0n) is 12.4. The lowest BCUT2D eigenvalue weighted by molar-refractivity contribution is -0.118. The lowest BCUT2D eigenvalue weighted by Gasteiger charge is -2.13. The molecule has 1 atom stereocenters. The van der Waals surface area contributed by atoms with E-state index < -0.39 is 6.04 Å². The number of nitrogens with two attached hydrogens (primary N) is 1. The van der Waals surface area contributed by atoms with E-state index in [0.29, 0.717) is 11.6 Å². The monoisotopic (exact) mass is 359 g/mol. The molecule has 2 rings (SSSR count). The maximum atomic E-state index is 11.9. The number of nitrogens with one attached hydrogen (secondary N) is 1. The van der Waals surface area contributed by atoms with Gasteiger partial charge in [-0.05, 0) is 17.5 Å². The van der Waals surface area contributed by atoms with Crippen molar-refractivity contribution in [1.29, 1.82) is 0 Å². The van der Waals surface area contributed by atoms with Crippen LogP contribution >= 0.6 is 35.3 Å². The van der Waals surface area contributed by atoms with Crippen LogP contribution in [0.3, 0.4) is 0 Å². The Kier molecular flexibility index (Phi) is 7.29. The largest absolute Gasteiger partial charge is 0.320 e. The minimum Gasteiger partial charge on any atom is -0.320 e. The quantitative estimate of drug-likeness (QED) is 0.854. The van der Waals surface area contributed by atoms with Gasteiger partial charge in [0.25, 0.3) is 0 Å². The predicted octanol–water partition coefficient (Wildman–Crippen LogP) is 3.73. The van der Waals surface area contributed by atoms with Crippen LogP contribution in [0, 0.1) is 5.92 Å². The third kappa shape index (κ3) is 4.95. The number of carbonyl (C=O) groups excluding carboxylic acids is 1. The summed E-state index contributed by atoms with van der Waals surface area (Å²) in [6.07, 6.45) is 2.45. The maximum Gasteiger partial charge on any atom is 0.243 e. The smallest absolute Gasteiger partial charge is 0.243 e. The van der Waals surface area contributed by atoms with Crippen molar-refractivity contribution in [3.63, 3.8) is 0 Å². The van der Waals surface area contributed by atoms with E-state index in [1.807, 2.05) is 38.1 Å². The summed E-state index contributed by atoms with van der Waals surface area (Å²) in [5.41, 5.74) is 6.85. The summed E-state index contributed by atoms with van der Waals surface area (Å²) in [7, 11) is 0. The Morgan fingerprint density at radius 2 is 2.09 bits per heavy atom. The number of hydrogen-bond acceptors (Lipinski definition) is 4. The number of anilines is 1. The van der Waals surface area contributed by atoms with Crippen LogP contribution in [-0.2, 0) is 11.2 Å². The van der Waals surface area contributed by atoms with Crippen molar-refractivity contribution in [3.8, 4) is 0 Å². The maximum absolute atomic E-state index is 11.9. The van der Waals surface area contributed by atoms with Crippen LogP contribution in [-0.4, -0.2) is 16.9 Å². The Balaban J connectivity index is 0.00000242. The molecule has 0 aliphatic heterocycles. The number of carbonyl (C=O) groups is 1. The summed E-state index contributed by atoms with van der Waals surface area (Å²) >= 11 is 7.58. The zero-order valence-corrected chi connectivity index (χ0v) is 14.8. The van der Waals surface area contributed by atoms with Gasteiger partial charge in [0.2, 0.25) is 5.91 Å². The van der Waals surface area contributed by atoms with E-state index in [1.165, 1.54) is 11.3 Å². The topological polar surface area (TPSA) is 68.0 Å². The first-order valence-electron chi connectivity index (χ1n) is 6.72. The molecule has 7 heteroatoms. The van der Waals surface area contributed by atoms with E-state index in [0.717, 1.165) is 15.5 Å². The molecule has 120 valence electrons. The molecule has 4 nitrogen and oxygen atoms in total. The Hall–Kier alpha value is -1.14. The van der Waals surface area contributed by atoms with Crippen molar-refractivity contribution in [2.75, 3.05) is 5.32 Å². The van der Waals surface area contributed by atoms with E-state index >= 15 is 0 Å². The second-order valence-corrected chi connectivity index (χ2v) is 6.68. The fourth-order valence-corrected chi connectivity index (χ4v) is 2.81. The number of thiazole rings is 1. The summed E-state index contributed by atoms with van der Waals surface area (Å²) in [6.45, 7) is 3.82. The van der Waals surface area contributed by atoms with Crippen molar-refractivity contribution in [2.24, 2.45) is 11.7 Å². The van der Waals surface area contributed by atoms with E-state index in [2.05, 4.69) is 10.3 Å². The number of rotatable bonds is 5. The van der Waals surface area contributed by atoms with E-state index in [-0.39, 0.29) is 24.2 Å². The Bertz CT molecular complexity index is 631. The molecule has 0 saturated heterocycles. The number of halogens is 2. The average Bonchev–Trinajstić information content (AvgIpc) is 2.87. The molecule has 0 bridgehead atoms. The van der Waals surface area contributed by atoms with Crippen LogP contribution in [0.2, 0.25) is 5.02 Å². The highest BCUT2D eigenvalue weighted by Gasteiger charge is 2.18. The molecule has 1 heterocycles. The highest BCUT2D eigenvalue weighted by Crippen LogP contribution is 2.24. The second-order valence-electron chi connectivity index (χ2n) is 5.16. The molecule has 1 aromatic carbocycles. The highest BCUT2D eigenvalue weighted by molar-refractivity contribution is 7.15. The molecule has 0 radical (unpaired) electrons. The van der Waals surface area contributed by atoms with Gasteiger partial charge in [0, 0.05) is 22.5 Å². The molecule has 0 aliphatic rings. The first kappa shape index (κ1) is 18.9. The van der Waals surface area contributed by atoms with E-state index in [9.17, 15) is 4.79 Å². The van der Waals surface area contributed by atoms with Gasteiger partial charge in [0.15, 0.2) is 5.13 Å². The third-order valence-electron chi connectivity index (χ3n) is 3.13. The minimum atomic E-state index is -0.527. The molecule has 1 aromatic heterocycles. The molecule has 0 unspecified atom stereocenters. The summed E-state index contributed by atoms with van der Waals surface area (Å²) in [4.78, 5) is 17.1. The molecular weight excluding hydrogens is 341 g/mol. The van der Waals surface area contributed by atoms with Gasteiger partial charge < -0.3 is 11.1 Å². The van der Waals surface area contributed by atoms with Gasteiger partial charge in [-0.3, -0.25) is 4.79 Å². The van der Waals surface area contributed by atoms with Crippen molar-refractivity contribution in [1.82, 2.24) is 4.98 Å². The molecule has 22 heavy (non-hydrogen) atoms. The van der Waals surface area contributed by atoms with E-state index in [1.54, 1.807) is 6.20 Å². The van der Waals surface area contributed by atoms with Gasteiger partial charge in [-0.15, -0.1) is 23.7 Å². The van der Waals surface area contributed by atoms with Crippen LogP contribution in [0.1, 0.15) is 24.3 Å². The number of hydrogen-bond donors (Lipinski definition) is 2. The Morgan fingerprint density at radius 3 is 2.73 bits per heavy atom. The van der Waals surface area contributed by atoms with Gasteiger partial charge >= 0.3 is 0 Å². The second kappa shape index (κ2) is 8.48. The molecule has 0 spiro atoms. The van der Waals surface area contributed by atoms with Gasteiger partial charge in [-0.1, -0.05) is 43.6 Å². The Labute approximate surface area is 145 Å². The highest BCUT2D eigenvalue weighted by atomic mass is 35.5. The fourth-order valence-electron chi connectivity index (χ4n) is 1.77. The summed E-state index contributed by atoms with van der Waals surface area (Å²) in [6, 6.07) is 7.17. The first-order valence-corrected chi connectivity index (χ1v) is 7.91. The third-order valence-corrected chi connectivity index (χ3v) is 4.41. The zero-order chi connectivity index (χ0) is 15.4. The molecule has 0 aliphatic carbocycles. The van der Waals surface area contributed by atoms with Crippen LogP contribution in [0.15, 0.2) is 30.5 Å². The summed E-state index contributed by atoms with van der Waals surface area (Å²) < 4.78 is 0. The molecule has 3 N–H and O–H groups in total. The first-order chi connectivity index (χ1) is 9.97. The summed E-state index contributed by atoms with van der Waals surface area (Å²) in [5, 5.41) is 4.06. The van der Waals surface area contributed by atoms with Gasteiger partial charge in [-0.2, -0.15) is 0 Å². The van der Waals surface area contributed by atoms with Crippen LogP contribution in [0.25, 0.3) is 0 Å². The lowest BCUT2D eigenvalue weighted by Crippen LogP contribution is -2.39. The van der Waals surface area contributed by atoms with Gasteiger partial charge in [0.1, 0.15) is 0 Å². The van der Waals surface area contributed by atoms with Gasteiger partial charge in [0.05, 0.1) is 6.04 Å².